The Bertz CT molecular complexity index is 393. The van der Waals surface area contributed by atoms with Crippen molar-refractivity contribution in [3.05, 3.63) is 23.8 Å². The van der Waals surface area contributed by atoms with Crippen molar-refractivity contribution < 1.29 is 24.9 Å². The molecule has 2 unspecified atom stereocenters. The van der Waals surface area contributed by atoms with Crippen molar-refractivity contribution in [2.24, 2.45) is 0 Å². The maximum atomic E-state index is 11.0. The van der Waals surface area contributed by atoms with Gasteiger partial charge >= 0.3 is 5.97 Å². The van der Waals surface area contributed by atoms with Crippen LogP contribution in [0.25, 0.3) is 0 Å². The summed E-state index contributed by atoms with van der Waals surface area (Å²) < 4.78 is 4.28. The zero-order valence-corrected chi connectivity index (χ0v) is 8.62. The number of ether oxygens (including phenoxy) is 1. The summed E-state index contributed by atoms with van der Waals surface area (Å²) in [6, 6.07) is 3.88. The molecular weight excluding hydrogens is 214 g/mol. The summed E-state index contributed by atoms with van der Waals surface area (Å²) in [4.78, 5) is 11.0. The molecule has 0 aromatic heterocycles. The van der Waals surface area contributed by atoms with Crippen molar-refractivity contribution in [1.29, 1.82) is 0 Å². The predicted octanol–water partition coefficient (Wildman–Crippen LogP) is -0.458. The second kappa shape index (κ2) is 4.82. The molecule has 0 saturated carbocycles. The second-order valence-electron chi connectivity index (χ2n) is 3.23. The van der Waals surface area contributed by atoms with E-state index >= 15 is 0 Å². The lowest BCUT2D eigenvalue weighted by molar-refractivity contribution is -0.156. The molecule has 0 radical (unpaired) electrons. The van der Waals surface area contributed by atoms with Crippen molar-refractivity contribution in [3.8, 4) is 5.75 Å². The number of rotatable bonds is 3. The van der Waals surface area contributed by atoms with E-state index < -0.39 is 18.2 Å². The Kier molecular flexibility index (Phi) is 3.70. The minimum Gasteiger partial charge on any atom is -0.506 e. The van der Waals surface area contributed by atoms with Crippen LogP contribution >= 0.6 is 0 Å². The van der Waals surface area contributed by atoms with E-state index in [0.717, 1.165) is 7.11 Å². The highest BCUT2D eigenvalue weighted by Crippen LogP contribution is 2.25. The molecule has 0 amide bonds. The van der Waals surface area contributed by atoms with Gasteiger partial charge in [-0.2, -0.15) is 0 Å². The smallest absolute Gasteiger partial charge is 0.337 e. The maximum Gasteiger partial charge on any atom is 0.337 e. The summed E-state index contributed by atoms with van der Waals surface area (Å²) in [6.45, 7) is 0. The van der Waals surface area contributed by atoms with Gasteiger partial charge in [0.1, 0.15) is 11.9 Å². The first-order valence-corrected chi connectivity index (χ1v) is 4.49. The molecule has 2 atom stereocenters. The number of nitrogen functional groups attached to an aromatic ring is 1. The minimum absolute atomic E-state index is 0.0496. The number of aliphatic hydroxyl groups is 2. The van der Waals surface area contributed by atoms with E-state index in [0.29, 0.717) is 0 Å². The Morgan fingerprint density at radius 1 is 1.44 bits per heavy atom. The average Bonchev–Trinajstić information content (AvgIpc) is 2.29. The Hall–Kier alpha value is -1.79. The molecule has 0 aliphatic carbocycles. The summed E-state index contributed by atoms with van der Waals surface area (Å²) in [5, 5.41) is 28.1. The third-order valence-electron chi connectivity index (χ3n) is 2.13. The molecule has 0 spiro atoms. The fraction of sp³-hybridized carbons (Fsp3) is 0.300. The van der Waals surface area contributed by atoms with Crippen LogP contribution in [-0.2, 0) is 9.53 Å². The second-order valence-corrected chi connectivity index (χ2v) is 3.23. The molecule has 88 valence electrons. The molecule has 1 aromatic carbocycles. The van der Waals surface area contributed by atoms with Gasteiger partial charge in [0, 0.05) is 0 Å². The summed E-state index contributed by atoms with van der Waals surface area (Å²) in [6.07, 6.45) is -3.13. The zero-order chi connectivity index (χ0) is 12.3. The molecule has 0 bridgehead atoms. The standard InChI is InChI=1S/C10H13NO5/c1-16-10(15)9(14)8(13)5-2-3-7(12)6(11)4-5/h2-4,8-9,12-14H,11H2,1H3. The van der Waals surface area contributed by atoms with Crippen molar-refractivity contribution in [1.82, 2.24) is 0 Å². The van der Waals surface area contributed by atoms with Gasteiger partial charge in [0.25, 0.3) is 0 Å². The molecule has 1 aromatic rings. The number of methoxy groups -OCH3 is 1. The molecule has 6 heteroatoms. The van der Waals surface area contributed by atoms with E-state index in [1.807, 2.05) is 0 Å². The van der Waals surface area contributed by atoms with Gasteiger partial charge in [-0.15, -0.1) is 0 Å². The average molecular weight is 227 g/mol. The summed E-state index contributed by atoms with van der Waals surface area (Å²) in [5.74, 6) is -1.08. The van der Waals surface area contributed by atoms with E-state index in [1.54, 1.807) is 0 Å². The number of hydrogen-bond acceptors (Lipinski definition) is 6. The summed E-state index contributed by atoms with van der Waals surface area (Å²) in [7, 11) is 1.10. The predicted molar refractivity (Wildman–Crippen MR) is 55.5 cm³/mol. The Morgan fingerprint density at radius 3 is 2.56 bits per heavy atom. The topological polar surface area (TPSA) is 113 Å². The van der Waals surface area contributed by atoms with Crippen LogP contribution < -0.4 is 5.73 Å². The number of esters is 1. The first-order chi connectivity index (χ1) is 7.47. The van der Waals surface area contributed by atoms with Gasteiger partial charge in [0.2, 0.25) is 0 Å². The third kappa shape index (κ3) is 2.41. The van der Waals surface area contributed by atoms with Crippen molar-refractivity contribution in [2.75, 3.05) is 12.8 Å². The van der Waals surface area contributed by atoms with Crippen LogP contribution in [0, 0.1) is 0 Å². The van der Waals surface area contributed by atoms with Crippen LogP contribution in [0.4, 0.5) is 5.69 Å². The number of phenolic OH excluding ortho intramolecular Hbond substituents is 1. The lowest BCUT2D eigenvalue weighted by Crippen LogP contribution is -2.29. The number of aliphatic hydroxyl groups excluding tert-OH is 2. The molecule has 6 nitrogen and oxygen atoms in total. The number of benzene rings is 1. The number of aromatic hydroxyl groups is 1. The molecule has 0 aliphatic rings. The number of hydrogen-bond donors (Lipinski definition) is 4. The van der Waals surface area contributed by atoms with Gasteiger partial charge in [-0.3, -0.25) is 0 Å². The van der Waals surface area contributed by atoms with Gasteiger partial charge in [-0.05, 0) is 17.7 Å². The first-order valence-electron chi connectivity index (χ1n) is 4.49. The Balaban J connectivity index is 2.91. The monoisotopic (exact) mass is 227 g/mol. The normalized spacial score (nSPS) is 14.2. The zero-order valence-electron chi connectivity index (χ0n) is 8.62. The Labute approximate surface area is 91.9 Å². The van der Waals surface area contributed by atoms with Gasteiger partial charge in [-0.25, -0.2) is 4.79 Å². The van der Waals surface area contributed by atoms with Gasteiger partial charge < -0.3 is 25.8 Å². The number of nitrogens with two attached hydrogens (primary N) is 1. The highest BCUT2D eigenvalue weighted by molar-refractivity contribution is 5.75. The van der Waals surface area contributed by atoms with Crippen LogP contribution in [0.5, 0.6) is 5.75 Å². The minimum atomic E-state index is -1.69. The molecule has 0 heterocycles. The van der Waals surface area contributed by atoms with Crippen LogP contribution in [-0.4, -0.2) is 34.5 Å². The highest BCUT2D eigenvalue weighted by Gasteiger charge is 2.26. The largest absolute Gasteiger partial charge is 0.506 e. The molecule has 0 fully saturated rings. The first kappa shape index (κ1) is 12.3. The van der Waals surface area contributed by atoms with Crippen molar-refractivity contribution in [2.45, 2.75) is 12.2 Å². The molecule has 1 rings (SSSR count). The molecule has 0 aliphatic heterocycles. The number of anilines is 1. The molecule has 5 N–H and O–H groups in total. The fourth-order valence-electron chi connectivity index (χ4n) is 1.19. The number of carbonyl (C=O) groups is 1. The van der Waals surface area contributed by atoms with E-state index in [1.165, 1.54) is 18.2 Å². The van der Waals surface area contributed by atoms with Gasteiger partial charge in [0.05, 0.1) is 12.8 Å². The van der Waals surface area contributed by atoms with Gasteiger partial charge in [-0.1, -0.05) is 6.07 Å². The molecular formula is C10H13NO5. The van der Waals surface area contributed by atoms with E-state index in [9.17, 15) is 15.0 Å². The van der Waals surface area contributed by atoms with Crippen molar-refractivity contribution >= 4 is 11.7 Å². The van der Waals surface area contributed by atoms with Crippen LogP contribution in [0.2, 0.25) is 0 Å². The fourth-order valence-corrected chi connectivity index (χ4v) is 1.19. The lowest BCUT2D eigenvalue weighted by Gasteiger charge is -2.16. The Morgan fingerprint density at radius 2 is 2.06 bits per heavy atom. The van der Waals surface area contributed by atoms with E-state index in [2.05, 4.69) is 4.74 Å². The van der Waals surface area contributed by atoms with Crippen LogP contribution in [0.3, 0.4) is 0 Å². The number of carbonyl (C=O) groups excluding carboxylic acids is 1. The van der Waals surface area contributed by atoms with E-state index in [-0.39, 0.29) is 17.0 Å². The van der Waals surface area contributed by atoms with Crippen molar-refractivity contribution in [3.63, 3.8) is 0 Å². The number of phenols is 1. The lowest BCUT2D eigenvalue weighted by atomic mass is 10.0. The van der Waals surface area contributed by atoms with E-state index in [4.69, 9.17) is 10.8 Å². The van der Waals surface area contributed by atoms with Crippen LogP contribution in [0.15, 0.2) is 18.2 Å². The van der Waals surface area contributed by atoms with Gasteiger partial charge in [0.15, 0.2) is 6.10 Å². The SMILES string of the molecule is COC(=O)C(O)C(O)c1ccc(O)c(N)c1. The summed E-state index contributed by atoms with van der Waals surface area (Å²) >= 11 is 0. The molecule has 16 heavy (non-hydrogen) atoms. The third-order valence-corrected chi connectivity index (χ3v) is 2.13. The molecule has 0 saturated heterocycles. The highest BCUT2D eigenvalue weighted by atomic mass is 16.5. The summed E-state index contributed by atoms with van der Waals surface area (Å²) in [5.41, 5.74) is 5.67. The maximum absolute atomic E-state index is 11.0. The van der Waals surface area contributed by atoms with Crippen LogP contribution in [0.1, 0.15) is 11.7 Å². The quantitative estimate of drug-likeness (QED) is 0.316.